The number of rotatable bonds is 38. The SMILES string of the molecule is CCCCCCCCCC/C=C\CCCCCCCCCCCC(=O)OC(COCCCCCCCCCCC)COC1OC(CO)C(O)C(O)C1O. The summed E-state index contributed by atoms with van der Waals surface area (Å²) in [5.74, 6) is -0.314. The first kappa shape index (κ1) is 49.9. The maximum atomic E-state index is 12.7. The number of allylic oxidation sites excluding steroid dienone is 2. The molecule has 9 nitrogen and oxygen atoms in total. The van der Waals surface area contributed by atoms with E-state index in [1.165, 1.54) is 148 Å². The summed E-state index contributed by atoms with van der Waals surface area (Å²) in [5.41, 5.74) is 0. The number of hydrogen-bond acceptors (Lipinski definition) is 9. The van der Waals surface area contributed by atoms with Gasteiger partial charge in [0.25, 0.3) is 0 Å². The smallest absolute Gasteiger partial charge is 0.306 e. The third-order valence-corrected chi connectivity index (χ3v) is 10.4. The van der Waals surface area contributed by atoms with Crippen LogP contribution in [-0.4, -0.2) is 89.6 Å². The summed E-state index contributed by atoms with van der Waals surface area (Å²) in [6, 6.07) is 0. The molecule has 0 aromatic carbocycles. The topological polar surface area (TPSA) is 135 Å². The fraction of sp³-hybridized carbons (Fsp3) is 0.932. The zero-order chi connectivity index (χ0) is 38.6. The van der Waals surface area contributed by atoms with Gasteiger partial charge in [-0.2, -0.15) is 0 Å². The van der Waals surface area contributed by atoms with E-state index in [0.29, 0.717) is 13.0 Å². The van der Waals surface area contributed by atoms with Crippen molar-refractivity contribution in [1.82, 2.24) is 0 Å². The largest absolute Gasteiger partial charge is 0.457 e. The average Bonchev–Trinajstić information content (AvgIpc) is 3.16. The number of carbonyl (C=O) groups is 1. The molecule has 0 spiro atoms. The van der Waals surface area contributed by atoms with E-state index in [4.69, 9.17) is 18.9 Å². The normalized spacial score (nSPS) is 21.1. The van der Waals surface area contributed by atoms with Crippen molar-refractivity contribution >= 4 is 5.97 Å². The van der Waals surface area contributed by atoms with Gasteiger partial charge in [0.05, 0.1) is 19.8 Å². The van der Waals surface area contributed by atoms with Crippen LogP contribution in [0.2, 0.25) is 0 Å². The van der Waals surface area contributed by atoms with Crippen LogP contribution in [0.1, 0.15) is 200 Å². The van der Waals surface area contributed by atoms with Gasteiger partial charge in [0.15, 0.2) is 6.29 Å². The number of aliphatic hydroxyl groups excluding tert-OH is 4. The highest BCUT2D eigenvalue weighted by Crippen LogP contribution is 2.22. The quantitative estimate of drug-likeness (QED) is 0.0276. The summed E-state index contributed by atoms with van der Waals surface area (Å²) >= 11 is 0. The van der Waals surface area contributed by atoms with E-state index in [0.717, 1.165) is 32.1 Å². The lowest BCUT2D eigenvalue weighted by Gasteiger charge is -2.39. The molecule has 53 heavy (non-hydrogen) atoms. The van der Waals surface area contributed by atoms with Crippen LogP contribution < -0.4 is 0 Å². The summed E-state index contributed by atoms with van der Waals surface area (Å²) < 4.78 is 22.7. The van der Waals surface area contributed by atoms with Crippen LogP contribution >= 0.6 is 0 Å². The molecule has 1 fully saturated rings. The Hall–Kier alpha value is -1.07. The van der Waals surface area contributed by atoms with Gasteiger partial charge < -0.3 is 39.4 Å². The Balaban J connectivity index is 2.20. The maximum Gasteiger partial charge on any atom is 0.306 e. The molecule has 1 saturated heterocycles. The van der Waals surface area contributed by atoms with E-state index in [2.05, 4.69) is 26.0 Å². The van der Waals surface area contributed by atoms with Crippen molar-refractivity contribution in [3.05, 3.63) is 12.2 Å². The molecule has 1 aliphatic rings. The fourth-order valence-corrected chi connectivity index (χ4v) is 6.90. The molecule has 0 aromatic heterocycles. The van der Waals surface area contributed by atoms with Gasteiger partial charge in [-0.1, -0.05) is 167 Å². The van der Waals surface area contributed by atoms with Crippen LogP contribution in [0, 0.1) is 0 Å². The molecule has 0 radical (unpaired) electrons. The van der Waals surface area contributed by atoms with Gasteiger partial charge in [-0.05, 0) is 38.5 Å². The zero-order valence-electron chi connectivity index (χ0n) is 34.3. The van der Waals surface area contributed by atoms with E-state index in [9.17, 15) is 25.2 Å². The summed E-state index contributed by atoms with van der Waals surface area (Å²) in [6.45, 7) is 4.56. The van der Waals surface area contributed by atoms with Gasteiger partial charge in [-0.15, -0.1) is 0 Å². The maximum absolute atomic E-state index is 12.7. The molecule has 6 atom stereocenters. The Morgan fingerprint density at radius 3 is 1.53 bits per heavy atom. The molecule has 0 bridgehead atoms. The monoisotopic (exact) mass is 757 g/mol. The number of ether oxygens (including phenoxy) is 4. The van der Waals surface area contributed by atoms with Crippen LogP contribution in [0.25, 0.3) is 0 Å². The standard InChI is InChI=1S/C44H84O9/c1-3-5-7-9-11-13-14-15-16-17-18-19-20-21-22-23-24-25-27-29-31-33-40(46)52-38(36-50-34-32-30-28-26-12-10-8-6-4-2)37-51-44-43(49)42(48)41(47)39(35-45)53-44/h17-18,38-39,41-45,47-49H,3-16,19-37H2,1-2H3/b18-17-. The second kappa shape index (κ2) is 36.6. The Morgan fingerprint density at radius 1 is 0.585 bits per heavy atom. The molecule has 4 N–H and O–H groups in total. The van der Waals surface area contributed by atoms with E-state index < -0.39 is 43.4 Å². The number of carbonyl (C=O) groups excluding carboxylic acids is 1. The molecule has 1 rings (SSSR count). The van der Waals surface area contributed by atoms with Crippen molar-refractivity contribution in [2.75, 3.05) is 26.4 Å². The van der Waals surface area contributed by atoms with Crippen molar-refractivity contribution in [1.29, 1.82) is 0 Å². The van der Waals surface area contributed by atoms with E-state index in [-0.39, 0.29) is 19.2 Å². The van der Waals surface area contributed by atoms with Gasteiger partial charge in [0.1, 0.15) is 30.5 Å². The molecule has 0 amide bonds. The van der Waals surface area contributed by atoms with E-state index >= 15 is 0 Å². The molecule has 0 saturated carbocycles. The fourth-order valence-electron chi connectivity index (χ4n) is 6.90. The summed E-state index contributed by atoms with van der Waals surface area (Å²) in [5, 5.41) is 40.0. The number of esters is 1. The lowest BCUT2D eigenvalue weighted by atomic mass is 9.99. The highest BCUT2D eigenvalue weighted by Gasteiger charge is 2.44. The summed E-state index contributed by atoms with van der Waals surface area (Å²) in [6.07, 6.45) is 32.4. The predicted octanol–water partition coefficient (Wildman–Crippen LogP) is 9.64. The summed E-state index contributed by atoms with van der Waals surface area (Å²) in [7, 11) is 0. The molecule has 0 aliphatic carbocycles. The predicted molar refractivity (Wildman–Crippen MR) is 215 cm³/mol. The molecule has 0 aromatic rings. The van der Waals surface area contributed by atoms with Crippen LogP contribution in [0.3, 0.4) is 0 Å². The lowest BCUT2D eigenvalue weighted by Crippen LogP contribution is -2.59. The molecule has 314 valence electrons. The van der Waals surface area contributed by atoms with Crippen LogP contribution in [0.4, 0.5) is 0 Å². The van der Waals surface area contributed by atoms with Crippen molar-refractivity contribution < 1.29 is 44.2 Å². The van der Waals surface area contributed by atoms with Crippen LogP contribution in [-0.2, 0) is 23.7 Å². The Kier molecular flexibility index (Phi) is 34.5. The molecular weight excluding hydrogens is 672 g/mol. The zero-order valence-corrected chi connectivity index (χ0v) is 34.3. The second-order valence-electron chi connectivity index (χ2n) is 15.5. The molecule has 6 unspecified atom stereocenters. The van der Waals surface area contributed by atoms with E-state index in [1.807, 2.05) is 0 Å². The first-order chi connectivity index (χ1) is 25.9. The Bertz CT molecular complexity index is 823. The minimum absolute atomic E-state index is 0.109. The van der Waals surface area contributed by atoms with Crippen molar-refractivity contribution in [3.63, 3.8) is 0 Å². The van der Waals surface area contributed by atoms with Crippen LogP contribution in [0.15, 0.2) is 12.2 Å². The number of hydrogen-bond donors (Lipinski definition) is 4. The lowest BCUT2D eigenvalue weighted by molar-refractivity contribution is -0.305. The average molecular weight is 757 g/mol. The highest BCUT2D eigenvalue weighted by atomic mass is 16.7. The van der Waals surface area contributed by atoms with Gasteiger partial charge in [-0.3, -0.25) is 4.79 Å². The van der Waals surface area contributed by atoms with Gasteiger partial charge in [0.2, 0.25) is 0 Å². The van der Waals surface area contributed by atoms with Crippen molar-refractivity contribution in [3.8, 4) is 0 Å². The van der Waals surface area contributed by atoms with Crippen molar-refractivity contribution in [2.45, 2.75) is 237 Å². The Labute approximate surface area is 325 Å². The third kappa shape index (κ3) is 28.1. The first-order valence-corrected chi connectivity index (χ1v) is 22.3. The second-order valence-corrected chi connectivity index (χ2v) is 15.5. The van der Waals surface area contributed by atoms with E-state index in [1.54, 1.807) is 0 Å². The molecular formula is C44H84O9. The number of unbranched alkanes of at least 4 members (excludes halogenated alkanes) is 25. The minimum Gasteiger partial charge on any atom is -0.457 e. The minimum atomic E-state index is -1.53. The highest BCUT2D eigenvalue weighted by molar-refractivity contribution is 5.69. The van der Waals surface area contributed by atoms with Gasteiger partial charge in [0, 0.05) is 13.0 Å². The summed E-state index contributed by atoms with van der Waals surface area (Å²) in [4.78, 5) is 12.7. The first-order valence-electron chi connectivity index (χ1n) is 22.3. The van der Waals surface area contributed by atoms with Crippen molar-refractivity contribution in [2.24, 2.45) is 0 Å². The third-order valence-electron chi connectivity index (χ3n) is 10.4. The van der Waals surface area contributed by atoms with Gasteiger partial charge >= 0.3 is 5.97 Å². The molecule has 9 heteroatoms. The van der Waals surface area contributed by atoms with Gasteiger partial charge in [-0.25, -0.2) is 0 Å². The Morgan fingerprint density at radius 2 is 1.04 bits per heavy atom. The van der Waals surface area contributed by atoms with Crippen LogP contribution in [0.5, 0.6) is 0 Å². The number of aliphatic hydroxyl groups is 4. The molecule has 1 heterocycles. The molecule has 1 aliphatic heterocycles.